The topological polar surface area (TPSA) is 25.5 Å². The van der Waals surface area contributed by atoms with Crippen LogP contribution in [-0.2, 0) is 0 Å². The van der Waals surface area contributed by atoms with Gasteiger partial charge in [0, 0.05) is 18.2 Å². The molecule has 0 aromatic carbocycles. The maximum absolute atomic E-state index is 5.34. The van der Waals surface area contributed by atoms with Crippen LogP contribution in [0.25, 0.3) is 0 Å². The summed E-state index contributed by atoms with van der Waals surface area (Å²) in [7, 11) is 0. The van der Waals surface area contributed by atoms with Crippen LogP contribution >= 0.6 is 0 Å². The summed E-state index contributed by atoms with van der Waals surface area (Å²) in [5, 5.41) is 1.01. The highest BCUT2D eigenvalue weighted by Gasteiger charge is 1.92. The quantitative estimate of drug-likeness (QED) is 0.626. The van der Waals surface area contributed by atoms with Gasteiger partial charge >= 0.3 is 0 Å². The van der Waals surface area contributed by atoms with E-state index in [2.05, 4.69) is 18.8 Å². The number of hydrogen-bond acceptors (Lipinski definition) is 2. The largest absolute Gasteiger partial charge is 0.467 e. The van der Waals surface area contributed by atoms with Crippen molar-refractivity contribution >= 4 is 0 Å². The van der Waals surface area contributed by atoms with Crippen molar-refractivity contribution in [2.45, 2.75) is 33.7 Å². The fraction of sp³-hybridized carbons (Fsp3) is 0.500. The standard InChI is InChI=1S/C10H15NO/c1-7(2)11-10-5-8(3)12-9(4)6-10/h5-7H,1-4H3. The maximum Gasteiger partial charge on any atom is 0.103 e. The molecule has 0 N–H and O–H groups in total. The minimum Gasteiger partial charge on any atom is -0.467 e. The summed E-state index contributed by atoms with van der Waals surface area (Å²) >= 11 is 0. The Bertz CT molecular complexity index is 300. The molecule has 0 fully saturated rings. The van der Waals surface area contributed by atoms with Crippen molar-refractivity contribution in [2.75, 3.05) is 0 Å². The van der Waals surface area contributed by atoms with Gasteiger partial charge in [0.1, 0.15) is 11.5 Å². The third kappa shape index (κ3) is 2.53. The van der Waals surface area contributed by atoms with E-state index < -0.39 is 0 Å². The summed E-state index contributed by atoms with van der Waals surface area (Å²) in [6.45, 7) is 8.00. The van der Waals surface area contributed by atoms with E-state index in [-0.39, 0.29) is 0 Å². The van der Waals surface area contributed by atoms with E-state index in [0.29, 0.717) is 6.04 Å². The van der Waals surface area contributed by atoms with Gasteiger partial charge in [0.25, 0.3) is 0 Å². The third-order valence-electron chi connectivity index (χ3n) is 1.43. The molecule has 0 radical (unpaired) electrons. The minimum atomic E-state index is 0.339. The Kier molecular flexibility index (Phi) is 2.69. The molecule has 0 aliphatic rings. The Labute approximate surface area is 73.0 Å². The molecular formula is C10H15NO. The zero-order valence-corrected chi connectivity index (χ0v) is 8.09. The van der Waals surface area contributed by atoms with Crippen molar-refractivity contribution < 1.29 is 4.42 Å². The molecule has 0 atom stereocenters. The summed E-state index contributed by atoms with van der Waals surface area (Å²) in [4.78, 5) is 4.42. The van der Waals surface area contributed by atoms with Gasteiger partial charge in [-0.1, -0.05) is 0 Å². The van der Waals surface area contributed by atoms with Gasteiger partial charge in [-0.25, -0.2) is 0 Å². The third-order valence-corrected chi connectivity index (χ3v) is 1.43. The van der Waals surface area contributed by atoms with Crippen LogP contribution in [0.1, 0.15) is 25.4 Å². The van der Waals surface area contributed by atoms with E-state index >= 15 is 0 Å². The summed E-state index contributed by atoms with van der Waals surface area (Å²) in [6.07, 6.45) is 0. The fourth-order valence-corrected chi connectivity index (χ4v) is 1.14. The molecule has 0 amide bonds. The molecule has 12 heavy (non-hydrogen) atoms. The van der Waals surface area contributed by atoms with Crippen molar-refractivity contribution in [3.63, 3.8) is 0 Å². The van der Waals surface area contributed by atoms with Crippen LogP contribution in [-0.4, -0.2) is 6.04 Å². The highest BCUT2D eigenvalue weighted by molar-refractivity contribution is 5.03. The summed E-state index contributed by atoms with van der Waals surface area (Å²) < 4.78 is 5.34. The molecule has 0 unspecified atom stereocenters. The van der Waals surface area contributed by atoms with E-state index in [4.69, 9.17) is 4.42 Å². The lowest BCUT2D eigenvalue weighted by Gasteiger charge is -1.98. The molecule has 0 bridgehead atoms. The van der Waals surface area contributed by atoms with Gasteiger partial charge in [-0.15, -0.1) is 0 Å². The van der Waals surface area contributed by atoms with Crippen LogP contribution in [0.15, 0.2) is 21.5 Å². The Morgan fingerprint density at radius 1 is 1.17 bits per heavy atom. The van der Waals surface area contributed by atoms with Gasteiger partial charge in [-0.3, -0.25) is 4.99 Å². The van der Waals surface area contributed by atoms with E-state index in [9.17, 15) is 0 Å². The first-order chi connectivity index (χ1) is 5.58. The van der Waals surface area contributed by atoms with Crippen molar-refractivity contribution in [3.05, 3.63) is 29.0 Å². The average molecular weight is 165 g/mol. The average Bonchev–Trinajstić information content (AvgIpc) is 1.81. The second-order valence-electron chi connectivity index (χ2n) is 3.26. The Hall–Kier alpha value is -1.05. The molecule has 0 saturated heterocycles. The second kappa shape index (κ2) is 3.57. The first-order valence-corrected chi connectivity index (χ1v) is 4.20. The molecule has 0 spiro atoms. The highest BCUT2D eigenvalue weighted by Crippen LogP contribution is 1.97. The molecule has 0 aliphatic heterocycles. The molecular weight excluding hydrogens is 150 g/mol. The van der Waals surface area contributed by atoms with Crippen LogP contribution in [0.2, 0.25) is 0 Å². The summed E-state index contributed by atoms with van der Waals surface area (Å²) in [5.41, 5.74) is 0. The lowest BCUT2D eigenvalue weighted by Crippen LogP contribution is -2.06. The molecule has 1 rings (SSSR count). The maximum atomic E-state index is 5.34. The highest BCUT2D eigenvalue weighted by atomic mass is 16.3. The Balaban J connectivity index is 3.17. The van der Waals surface area contributed by atoms with Gasteiger partial charge < -0.3 is 4.42 Å². The van der Waals surface area contributed by atoms with E-state index in [0.717, 1.165) is 16.9 Å². The van der Waals surface area contributed by atoms with E-state index in [1.807, 2.05) is 26.0 Å². The van der Waals surface area contributed by atoms with Crippen molar-refractivity contribution in [1.82, 2.24) is 0 Å². The van der Waals surface area contributed by atoms with Crippen molar-refractivity contribution in [3.8, 4) is 0 Å². The summed E-state index contributed by atoms with van der Waals surface area (Å²) in [6, 6.07) is 4.24. The smallest absolute Gasteiger partial charge is 0.103 e. The van der Waals surface area contributed by atoms with Gasteiger partial charge in [0.15, 0.2) is 0 Å². The number of nitrogens with zero attached hydrogens (tertiary/aromatic N) is 1. The van der Waals surface area contributed by atoms with Gasteiger partial charge in [-0.05, 0) is 27.7 Å². The number of rotatable bonds is 1. The monoisotopic (exact) mass is 165 g/mol. The molecule has 1 aromatic rings. The molecule has 2 heteroatoms. The molecule has 2 nitrogen and oxygen atoms in total. The summed E-state index contributed by atoms with van der Waals surface area (Å²) in [5.74, 6) is 1.82. The second-order valence-corrected chi connectivity index (χ2v) is 3.26. The van der Waals surface area contributed by atoms with Gasteiger partial charge in [-0.2, -0.15) is 0 Å². The molecule has 66 valence electrons. The Morgan fingerprint density at radius 3 is 2.08 bits per heavy atom. The lowest BCUT2D eigenvalue weighted by atomic mass is 10.3. The van der Waals surface area contributed by atoms with Crippen LogP contribution in [0, 0.1) is 13.8 Å². The molecule has 1 aromatic heterocycles. The predicted molar refractivity (Wildman–Crippen MR) is 48.9 cm³/mol. The van der Waals surface area contributed by atoms with Crippen molar-refractivity contribution in [1.29, 1.82) is 0 Å². The SMILES string of the molecule is Cc1cc(=NC(C)C)cc(C)o1. The normalized spacial score (nSPS) is 10.4. The van der Waals surface area contributed by atoms with Crippen LogP contribution in [0.5, 0.6) is 0 Å². The van der Waals surface area contributed by atoms with Gasteiger partial charge in [0.05, 0.1) is 5.36 Å². The van der Waals surface area contributed by atoms with Crippen LogP contribution < -0.4 is 5.36 Å². The number of hydrogen-bond donors (Lipinski definition) is 0. The van der Waals surface area contributed by atoms with Crippen molar-refractivity contribution in [2.24, 2.45) is 4.99 Å². The molecule has 1 heterocycles. The van der Waals surface area contributed by atoms with E-state index in [1.54, 1.807) is 0 Å². The van der Waals surface area contributed by atoms with E-state index in [1.165, 1.54) is 0 Å². The molecule has 0 aliphatic carbocycles. The van der Waals surface area contributed by atoms with Crippen LogP contribution in [0.4, 0.5) is 0 Å². The lowest BCUT2D eigenvalue weighted by molar-refractivity contribution is 0.483. The zero-order chi connectivity index (χ0) is 9.14. The van der Waals surface area contributed by atoms with Crippen LogP contribution in [0.3, 0.4) is 0 Å². The fourth-order valence-electron chi connectivity index (χ4n) is 1.14. The predicted octanol–water partition coefficient (Wildman–Crippen LogP) is 2.21. The first kappa shape index (κ1) is 9.04. The zero-order valence-electron chi connectivity index (χ0n) is 8.09. The first-order valence-electron chi connectivity index (χ1n) is 4.20. The minimum absolute atomic E-state index is 0.339. The Morgan fingerprint density at radius 2 is 1.67 bits per heavy atom. The molecule has 0 saturated carbocycles. The van der Waals surface area contributed by atoms with Gasteiger partial charge in [0.2, 0.25) is 0 Å². The number of aryl methyl sites for hydroxylation is 2.